The van der Waals surface area contributed by atoms with Gasteiger partial charge in [-0.05, 0) is 30.7 Å². The molecule has 1 aromatic carbocycles. The van der Waals surface area contributed by atoms with Crippen molar-refractivity contribution in [2.24, 2.45) is 21.8 Å². The van der Waals surface area contributed by atoms with Gasteiger partial charge in [-0.3, -0.25) is 0 Å². The molecular formula is C28H45N2+. The van der Waals surface area contributed by atoms with E-state index < -0.39 is 0 Å². The van der Waals surface area contributed by atoms with E-state index in [2.05, 4.69) is 54.2 Å². The monoisotopic (exact) mass is 409 g/mol. The van der Waals surface area contributed by atoms with Crippen molar-refractivity contribution >= 4 is 12.4 Å². The summed E-state index contributed by atoms with van der Waals surface area (Å²) < 4.78 is 0. The summed E-state index contributed by atoms with van der Waals surface area (Å²) in [5.74, 6) is 1.14. The van der Waals surface area contributed by atoms with Crippen molar-refractivity contribution in [3.63, 3.8) is 0 Å². The number of unbranched alkanes of at least 4 members (excludes halogenated alkanes) is 10. The SMILES string of the molecule is CCCCCCCCCCCCCC([C+]1N=CC=N1)C(CCC)Cc1ccccc1. The van der Waals surface area contributed by atoms with Crippen LogP contribution in [-0.4, -0.2) is 12.4 Å². The van der Waals surface area contributed by atoms with E-state index in [1.54, 1.807) is 0 Å². The first-order valence-electron chi connectivity index (χ1n) is 12.8. The summed E-state index contributed by atoms with van der Waals surface area (Å²) >= 11 is 0. The molecule has 1 heterocycles. The molecule has 30 heavy (non-hydrogen) atoms. The standard InChI is InChI=1S/C28H45N2/c1-3-5-6-7-8-9-10-11-12-13-17-21-27(28-29-22-23-30-28)26(18-4-2)24-25-19-15-14-16-20-25/h14-16,19-20,22-23,26-27H,3-13,17-18,21,24H2,1-2H3/q+1. The normalized spacial score (nSPS) is 15.1. The molecule has 2 rings (SSSR count). The molecular weight excluding hydrogens is 364 g/mol. The van der Waals surface area contributed by atoms with Crippen molar-refractivity contribution in [2.75, 3.05) is 0 Å². The molecule has 1 aliphatic heterocycles. The molecule has 0 bridgehead atoms. The largest absolute Gasteiger partial charge is 0.244 e. The van der Waals surface area contributed by atoms with E-state index in [1.165, 1.54) is 95.5 Å². The minimum absolute atomic E-state index is 0.499. The number of aliphatic imine (C=N–C) groups is 2. The average molecular weight is 410 g/mol. The second-order valence-corrected chi connectivity index (χ2v) is 9.08. The fraction of sp³-hybridized carbons (Fsp3) is 0.679. The van der Waals surface area contributed by atoms with Crippen molar-refractivity contribution in [1.82, 2.24) is 0 Å². The van der Waals surface area contributed by atoms with Crippen LogP contribution in [0.3, 0.4) is 0 Å². The van der Waals surface area contributed by atoms with Crippen LogP contribution in [0.4, 0.5) is 0 Å². The fourth-order valence-electron chi connectivity index (χ4n) is 4.78. The van der Waals surface area contributed by atoms with Gasteiger partial charge in [0.05, 0.1) is 5.92 Å². The van der Waals surface area contributed by atoms with Gasteiger partial charge in [-0.1, -0.05) is 131 Å². The first kappa shape index (κ1) is 24.7. The molecule has 2 nitrogen and oxygen atoms in total. The molecule has 0 fully saturated rings. The van der Waals surface area contributed by atoms with E-state index in [4.69, 9.17) is 0 Å². The van der Waals surface area contributed by atoms with Gasteiger partial charge in [0.2, 0.25) is 6.17 Å². The Morgan fingerprint density at radius 1 is 0.667 bits per heavy atom. The summed E-state index contributed by atoms with van der Waals surface area (Å²) in [5, 5.41) is 0. The van der Waals surface area contributed by atoms with E-state index >= 15 is 0 Å². The number of rotatable bonds is 18. The molecule has 0 saturated carbocycles. The molecule has 0 amide bonds. The van der Waals surface area contributed by atoms with E-state index in [1.807, 2.05) is 12.4 Å². The minimum atomic E-state index is 0.499. The van der Waals surface area contributed by atoms with Crippen LogP contribution in [0.2, 0.25) is 0 Å². The summed E-state index contributed by atoms with van der Waals surface area (Å²) in [5.41, 5.74) is 1.45. The highest BCUT2D eigenvalue weighted by Gasteiger charge is 2.34. The van der Waals surface area contributed by atoms with Crippen LogP contribution in [0.15, 0.2) is 40.3 Å². The number of nitrogens with zero attached hydrogens (tertiary/aromatic N) is 2. The van der Waals surface area contributed by atoms with Crippen molar-refractivity contribution in [3.8, 4) is 0 Å². The Kier molecular flexibility index (Phi) is 13.3. The third-order valence-corrected chi connectivity index (χ3v) is 6.50. The van der Waals surface area contributed by atoms with Crippen LogP contribution in [-0.2, 0) is 6.42 Å². The van der Waals surface area contributed by atoms with Gasteiger partial charge in [0.1, 0.15) is 0 Å². The maximum atomic E-state index is 4.62. The van der Waals surface area contributed by atoms with Crippen LogP contribution < -0.4 is 0 Å². The quantitative estimate of drug-likeness (QED) is 0.171. The molecule has 0 saturated heterocycles. The Morgan fingerprint density at radius 3 is 1.80 bits per heavy atom. The summed E-state index contributed by atoms with van der Waals surface area (Å²) in [6, 6.07) is 11.0. The number of hydrogen-bond donors (Lipinski definition) is 0. The number of hydrogen-bond acceptors (Lipinski definition) is 2. The van der Waals surface area contributed by atoms with Crippen LogP contribution in [0.5, 0.6) is 0 Å². The highest BCUT2D eigenvalue weighted by molar-refractivity contribution is 6.18. The lowest BCUT2D eigenvalue weighted by Gasteiger charge is -2.25. The van der Waals surface area contributed by atoms with Gasteiger partial charge >= 0.3 is 0 Å². The van der Waals surface area contributed by atoms with Crippen molar-refractivity contribution in [1.29, 1.82) is 0 Å². The fourth-order valence-corrected chi connectivity index (χ4v) is 4.78. The average Bonchev–Trinajstić information content (AvgIpc) is 3.30. The number of benzene rings is 1. The van der Waals surface area contributed by atoms with E-state index in [9.17, 15) is 0 Å². The minimum Gasteiger partial charge on any atom is -0.0965 e. The Labute approximate surface area is 186 Å². The van der Waals surface area contributed by atoms with Gasteiger partial charge in [-0.15, -0.1) is 0 Å². The van der Waals surface area contributed by atoms with E-state index in [0.717, 1.165) is 12.6 Å². The smallest absolute Gasteiger partial charge is 0.0965 e. The zero-order chi connectivity index (χ0) is 21.3. The topological polar surface area (TPSA) is 24.7 Å². The van der Waals surface area contributed by atoms with Gasteiger partial charge in [0.25, 0.3) is 0 Å². The van der Waals surface area contributed by atoms with Crippen LogP contribution in [0.1, 0.15) is 109 Å². The second-order valence-electron chi connectivity index (χ2n) is 9.08. The molecule has 2 unspecified atom stereocenters. The van der Waals surface area contributed by atoms with Gasteiger partial charge in [-0.2, -0.15) is 0 Å². The zero-order valence-corrected chi connectivity index (χ0v) is 19.7. The van der Waals surface area contributed by atoms with E-state index in [0.29, 0.717) is 11.8 Å². The summed E-state index contributed by atoms with van der Waals surface area (Å²) in [6.45, 7) is 4.60. The first-order valence-corrected chi connectivity index (χ1v) is 12.8. The Balaban J connectivity index is 1.72. The molecule has 0 aliphatic carbocycles. The van der Waals surface area contributed by atoms with E-state index in [-0.39, 0.29) is 0 Å². The molecule has 1 aliphatic rings. The second kappa shape index (κ2) is 16.2. The van der Waals surface area contributed by atoms with Gasteiger partial charge in [0.15, 0.2) is 12.4 Å². The first-order chi connectivity index (χ1) is 14.8. The van der Waals surface area contributed by atoms with Gasteiger partial charge in [0, 0.05) is 0 Å². The Hall–Kier alpha value is -1.57. The molecule has 166 valence electrons. The lowest BCUT2D eigenvalue weighted by molar-refractivity contribution is 0.290. The summed E-state index contributed by atoms with van der Waals surface area (Å²) in [7, 11) is 0. The highest BCUT2D eigenvalue weighted by atomic mass is 15.0. The van der Waals surface area contributed by atoms with Gasteiger partial charge < -0.3 is 0 Å². The lowest BCUT2D eigenvalue weighted by atomic mass is 9.79. The van der Waals surface area contributed by atoms with Crippen LogP contribution >= 0.6 is 0 Å². The molecule has 2 heteroatoms. The predicted octanol–water partition coefficient (Wildman–Crippen LogP) is 8.61. The van der Waals surface area contributed by atoms with Crippen LogP contribution in [0.25, 0.3) is 0 Å². The van der Waals surface area contributed by atoms with Gasteiger partial charge in [-0.25, -0.2) is 0 Å². The van der Waals surface area contributed by atoms with Crippen LogP contribution in [0, 0.1) is 18.0 Å². The Morgan fingerprint density at radius 2 is 1.23 bits per heavy atom. The van der Waals surface area contributed by atoms with Crippen molar-refractivity contribution in [2.45, 2.75) is 110 Å². The summed E-state index contributed by atoms with van der Waals surface area (Å²) in [4.78, 5) is 9.24. The molecule has 1 aromatic rings. The lowest BCUT2D eigenvalue weighted by Crippen LogP contribution is -2.22. The maximum absolute atomic E-state index is 4.62. The summed E-state index contributed by atoms with van der Waals surface area (Å²) in [6.07, 6.45) is 25.1. The van der Waals surface area contributed by atoms with Crippen molar-refractivity contribution in [3.05, 3.63) is 42.1 Å². The molecule has 2 atom stereocenters. The zero-order valence-electron chi connectivity index (χ0n) is 19.7. The molecule has 0 spiro atoms. The maximum Gasteiger partial charge on any atom is 0.244 e. The third kappa shape index (κ3) is 9.96. The van der Waals surface area contributed by atoms with Crippen molar-refractivity contribution < 1.29 is 0 Å². The third-order valence-electron chi connectivity index (χ3n) is 6.50. The predicted molar refractivity (Wildman–Crippen MR) is 133 cm³/mol. The molecule has 0 radical (unpaired) electrons. The molecule has 0 N–H and O–H groups in total. The molecule has 0 aromatic heterocycles. The highest BCUT2D eigenvalue weighted by Crippen LogP contribution is 2.36. The Bertz CT molecular complexity index is 566.